The number of halogens is 4. The van der Waals surface area contributed by atoms with E-state index in [1.807, 2.05) is 43.3 Å². The highest BCUT2D eigenvalue weighted by atomic mass is 35.5. The van der Waals surface area contributed by atoms with Crippen LogP contribution in [0.5, 0.6) is 5.75 Å². The number of ether oxygens (including phenoxy) is 1. The van der Waals surface area contributed by atoms with E-state index in [0.717, 1.165) is 78.1 Å². The molecule has 3 amide bonds. The second-order valence-corrected chi connectivity index (χ2v) is 17.9. The van der Waals surface area contributed by atoms with Crippen LogP contribution in [-0.4, -0.2) is 69.3 Å². The summed E-state index contributed by atoms with van der Waals surface area (Å²) in [5, 5.41) is 12.2. The van der Waals surface area contributed by atoms with Crippen molar-refractivity contribution in [2.75, 3.05) is 23.0 Å². The number of Topliss-reactive ketones (excluding diaryl/α,β-unsaturated/α-hetero) is 1. The minimum absolute atomic E-state index is 0.0587. The molecule has 8 rings (SSSR count). The normalized spacial score (nSPS) is 23.6. The van der Waals surface area contributed by atoms with Crippen LogP contribution in [-0.2, 0) is 44.6 Å². The fourth-order valence-corrected chi connectivity index (χ4v) is 10.8. The smallest absolute Gasteiger partial charge is 0.419 e. The number of fused-ring (bicyclic) bond motifs is 2. The van der Waals surface area contributed by atoms with Crippen LogP contribution in [0.2, 0.25) is 5.02 Å². The van der Waals surface area contributed by atoms with E-state index in [-0.39, 0.29) is 40.7 Å². The second kappa shape index (κ2) is 17.1. The van der Waals surface area contributed by atoms with Crippen molar-refractivity contribution in [2.24, 2.45) is 11.8 Å². The van der Waals surface area contributed by atoms with E-state index in [1.54, 1.807) is 4.90 Å². The minimum Gasteiger partial charge on any atom is -0.493 e. The Morgan fingerprint density at radius 1 is 1.05 bits per heavy atom. The Morgan fingerprint density at radius 3 is 2.44 bits per heavy atom. The summed E-state index contributed by atoms with van der Waals surface area (Å²) in [5.74, 6) is 0.0634. The molecular formula is C45H46ClF3N6O5S. The van der Waals surface area contributed by atoms with Gasteiger partial charge in [0.25, 0.3) is 5.91 Å². The molecule has 5 fully saturated rings. The maximum Gasteiger partial charge on any atom is 0.419 e. The summed E-state index contributed by atoms with van der Waals surface area (Å²) >= 11 is 12.2. The molecule has 16 heteroatoms. The molecule has 4 aliphatic heterocycles. The summed E-state index contributed by atoms with van der Waals surface area (Å²) in [7, 11) is 0. The number of aryl methyl sites for hydroxylation is 1. The molecule has 2 unspecified atom stereocenters. The highest BCUT2D eigenvalue weighted by Gasteiger charge is 2.60. The molecular weight excluding hydrogens is 829 g/mol. The third-order valence-corrected chi connectivity index (χ3v) is 13.8. The van der Waals surface area contributed by atoms with Gasteiger partial charge in [-0.3, -0.25) is 34.3 Å². The van der Waals surface area contributed by atoms with Gasteiger partial charge in [-0.05, 0) is 142 Å². The number of carbonyl (C=O) groups excluding carboxylic acids is 4. The average Bonchev–Trinajstić information content (AvgIpc) is 3.56. The number of hydrogen-bond acceptors (Lipinski definition) is 9. The predicted molar refractivity (Wildman–Crippen MR) is 225 cm³/mol. The van der Waals surface area contributed by atoms with Crippen molar-refractivity contribution in [1.82, 2.24) is 15.2 Å². The molecule has 1 aliphatic carbocycles. The number of nitriles is 1. The summed E-state index contributed by atoms with van der Waals surface area (Å²) < 4.78 is 47.9. The predicted octanol–water partition coefficient (Wildman–Crippen LogP) is 7.67. The van der Waals surface area contributed by atoms with Gasteiger partial charge in [0.15, 0.2) is 16.6 Å². The maximum absolute atomic E-state index is 14.0. The fraction of sp³-hybridized carbons (Fsp3) is 0.489. The van der Waals surface area contributed by atoms with Gasteiger partial charge in [-0.25, -0.2) is 4.98 Å². The number of anilines is 2. The van der Waals surface area contributed by atoms with E-state index < -0.39 is 28.9 Å². The van der Waals surface area contributed by atoms with E-state index >= 15 is 0 Å². The average molecular weight is 875 g/mol. The van der Waals surface area contributed by atoms with E-state index in [4.69, 9.17) is 28.6 Å². The molecule has 1 saturated carbocycles. The monoisotopic (exact) mass is 874 g/mol. The standard InChI is InChI=1S/C45H46ClF3N6O5S/c1-2-29-21-34(55-43(61)54(42(59)44(55)11-3-12-44)35-22-37(45(47,48)49)38(23-50)51-24-35)7-8-39(29)60-13-10-26-18-32-5-6-33(19-26)53(32)25-36(56)20-28-14-27(16-31(46)17-28)15-30-4-9-40(57)52-41(30)58/h7-8,14,16-17,21-22,24,26,30,32-33H,2-6,9-13,15,18-20,25H2,1H3,(H,52,57,58)/t26?,30?,32-,33+. The molecule has 5 aliphatic rings. The zero-order valence-electron chi connectivity index (χ0n) is 33.7. The first-order chi connectivity index (χ1) is 29.2. The van der Waals surface area contributed by atoms with Crippen LogP contribution in [0.1, 0.15) is 99.1 Å². The molecule has 0 radical (unpaired) electrons. The van der Waals surface area contributed by atoms with Crippen molar-refractivity contribution in [3.63, 3.8) is 0 Å². The molecule has 320 valence electrons. The molecule has 1 aromatic heterocycles. The summed E-state index contributed by atoms with van der Waals surface area (Å²) in [5.41, 5.74) is 0.121. The third-order valence-electron chi connectivity index (χ3n) is 13.2. The lowest BCUT2D eigenvalue weighted by molar-refractivity contribution is -0.138. The Hall–Kier alpha value is -4.91. The molecule has 2 aromatic carbocycles. The lowest BCUT2D eigenvalue weighted by Gasteiger charge is -2.43. The Bertz CT molecular complexity index is 2320. The third kappa shape index (κ3) is 8.51. The van der Waals surface area contributed by atoms with Crippen molar-refractivity contribution in [2.45, 2.75) is 114 Å². The molecule has 4 atom stereocenters. The van der Waals surface area contributed by atoms with Gasteiger partial charge in [-0.2, -0.15) is 18.4 Å². The van der Waals surface area contributed by atoms with E-state index in [1.165, 1.54) is 6.07 Å². The van der Waals surface area contributed by atoms with E-state index in [2.05, 4.69) is 15.2 Å². The lowest BCUT2D eigenvalue weighted by Crippen LogP contribution is -2.55. The Kier molecular flexibility index (Phi) is 12.0. The number of aromatic nitrogens is 1. The highest BCUT2D eigenvalue weighted by Crippen LogP contribution is 2.49. The molecule has 1 spiro atoms. The molecule has 4 saturated heterocycles. The van der Waals surface area contributed by atoms with Crippen LogP contribution < -0.4 is 19.9 Å². The van der Waals surface area contributed by atoms with Crippen molar-refractivity contribution in [1.29, 1.82) is 5.26 Å². The number of piperidine rings is 2. The van der Waals surface area contributed by atoms with Gasteiger partial charge in [-0.15, -0.1) is 0 Å². The summed E-state index contributed by atoms with van der Waals surface area (Å²) in [4.78, 5) is 60.3. The lowest BCUT2D eigenvalue weighted by atomic mass is 9.75. The van der Waals surface area contributed by atoms with Gasteiger partial charge in [0.2, 0.25) is 11.8 Å². The van der Waals surface area contributed by atoms with Gasteiger partial charge in [0.05, 0.1) is 30.6 Å². The summed E-state index contributed by atoms with van der Waals surface area (Å²) in [6, 6.07) is 14.1. The van der Waals surface area contributed by atoms with Crippen LogP contribution in [0.15, 0.2) is 48.7 Å². The highest BCUT2D eigenvalue weighted by molar-refractivity contribution is 7.81. The number of rotatable bonds is 13. The quantitative estimate of drug-likeness (QED) is 0.135. The van der Waals surface area contributed by atoms with Crippen LogP contribution in [0, 0.1) is 23.2 Å². The first-order valence-corrected chi connectivity index (χ1v) is 21.8. The zero-order chi connectivity index (χ0) is 43.2. The molecule has 3 aromatic rings. The van der Waals surface area contributed by atoms with Crippen LogP contribution in [0.25, 0.3) is 0 Å². The Labute approximate surface area is 362 Å². The zero-order valence-corrected chi connectivity index (χ0v) is 35.3. The first-order valence-electron chi connectivity index (χ1n) is 21.0. The summed E-state index contributed by atoms with van der Waals surface area (Å²) in [6.45, 7) is 2.90. The molecule has 1 N–H and O–H groups in total. The molecule has 61 heavy (non-hydrogen) atoms. The number of thiocarbonyl (C=S) groups is 1. The van der Waals surface area contributed by atoms with Gasteiger partial charge >= 0.3 is 6.18 Å². The van der Waals surface area contributed by atoms with Crippen LogP contribution in [0.3, 0.4) is 0 Å². The minimum atomic E-state index is -4.84. The first kappa shape index (κ1) is 42.8. The van der Waals surface area contributed by atoms with Crippen molar-refractivity contribution in [3.05, 3.63) is 81.6 Å². The number of nitrogens with one attached hydrogen (secondary N) is 1. The van der Waals surface area contributed by atoms with Crippen LogP contribution >= 0.6 is 23.8 Å². The topological polar surface area (TPSA) is 136 Å². The molecule has 5 heterocycles. The number of carbonyl (C=O) groups is 4. The van der Waals surface area contributed by atoms with Gasteiger partial charge in [0, 0.05) is 41.6 Å². The maximum atomic E-state index is 14.0. The molecule has 11 nitrogen and oxygen atoms in total. The Morgan fingerprint density at radius 2 is 1.79 bits per heavy atom. The Balaban J connectivity index is 0.868. The number of hydrogen-bond donors (Lipinski definition) is 1. The number of imide groups is 1. The van der Waals surface area contributed by atoms with Crippen molar-refractivity contribution in [3.8, 4) is 11.8 Å². The van der Waals surface area contributed by atoms with Gasteiger partial charge in [0.1, 0.15) is 17.4 Å². The van der Waals surface area contributed by atoms with E-state index in [0.29, 0.717) is 80.4 Å². The second-order valence-electron chi connectivity index (χ2n) is 17.1. The number of amides is 3. The molecule has 2 bridgehead atoms. The van der Waals surface area contributed by atoms with Gasteiger partial charge in [-0.1, -0.05) is 24.6 Å². The van der Waals surface area contributed by atoms with Gasteiger partial charge < -0.3 is 9.64 Å². The SMILES string of the molecule is CCc1cc(N2C(=S)N(c3cnc(C#N)c(C(F)(F)F)c3)C(=O)C23CCC3)ccc1OCCC1C[C@H]2CC[C@@H](C1)N2CC(=O)Cc1cc(Cl)cc(CC2CCC(=O)NC2=O)c1. The van der Waals surface area contributed by atoms with E-state index in [9.17, 15) is 37.6 Å². The van der Waals surface area contributed by atoms with Crippen molar-refractivity contribution < 1.29 is 37.1 Å². The number of benzene rings is 2. The number of alkyl halides is 3. The number of nitrogens with zero attached hydrogens (tertiary/aromatic N) is 5. The number of pyridine rings is 1. The van der Waals surface area contributed by atoms with Crippen molar-refractivity contribution >= 4 is 63.8 Å². The fourth-order valence-electron chi connectivity index (χ4n) is 10.1. The van der Waals surface area contributed by atoms with Crippen LogP contribution in [0.4, 0.5) is 24.5 Å². The number of ketones is 1. The summed E-state index contributed by atoms with van der Waals surface area (Å²) in [6.07, 6.45) is 5.08. The largest absolute Gasteiger partial charge is 0.493 e.